The maximum Gasteiger partial charge on any atom is 0.338 e. The summed E-state index contributed by atoms with van der Waals surface area (Å²) in [4.78, 5) is 27.7. The van der Waals surface area contributed by atoms with E-state index in [4.69, 9.17) is 9.47 Å². The molecule has 7 heteroatoms. The summed E-state index contributed by atoms with van der Waals surface area (Å²) in [6, 6.07) is 6.63. The maximum atomic E-state index is 12.9. The molecule has 2 heterocycles. The zero-order valence-electron chi connectivity index (χ0n) is 18.2. The molecule has 3 rings (SSSR count). The average molecular weight is 416 g/mol. The molecular formula is C23H33N3O4. The first-order chi connectivity index (χ1) is 14.5. The number of hydrogen-bond donors (Lipinski definition) is 2. The number of nitrogens with one attached hydrogen (secondary N) is 2. The zero-order valence-corrected chi connectivity index (χ0v) is 18.2. The van der Waals surface area contributed by atoms with Crippen molar-refractivity contribution in [1.82, 2.24) is 15.5 Å². The quantitative estimate of drug-likeness (QED) is 0.666. The number of hydrogen-bond acceptors (Lipinski definition) is 5. The van der Waals surface area contributed by atoms with Crippen molar-refractivity contribution in [2.45, 2.75) is 58.6 Å². The van der Waals surface area contributed by atoms with Gasteiger partial charge in [0.05, 0.1) is 24.3 Å². The second kappa shape index (κ2) is 10.5. The van der Waals surface area contributed by atoms with E-state index < -0.39 is 12.0 Å². The number of likely N-dealkylation sites (tertiary alicyclic amines) is 1. The zero-order chi connectivity index (χ0) is 21.5. The number of rotatable bonds is 7. The van der Waals surface area contributed by atoms with E-state index in [1.165, 1.54) is 12.8 Å². The summed E-state index contributed by atoms with van der Waals surface area (Å²) in [5.41, 5.74) is 1.92. The fourth-order valence-corrected chi connectivity index (χ4v) is 3.97. The third-order valence-corrected chi connectivity index (χ3v) is 5.31. The van der Waals surface area contributed by atoms with Gasteiger partial charge in [-0.3, -0.25) is 4.90 Å². The Morgan fingerprint density at radius 1 is 1.13 bits per heavy atom. The number of carbonyl (C=O) groups is 2. The van der Waals surface area contributed by atoms with Crippen molar-refractivity contribution in [2.24, 2.45) is 0 Å². The molecule has 1 atom stereocenters. The molecular weight excluding hydrogens is 382 g/mol. The van der Waals surface area contributed by atoms with E-state index in [0.717, 1.165) is 37.2 Å². The van der Waals surface area contributed by atoms with Gasteiger partial charge in [-0.1, -0.05) is 25.0 Å². The summed E-state index contributed by atoms with van der Waals surface area (Å²) in [7, 11) is 0. The Hall–Kier alpha value is -2.54. The molecule has 2 aliphatic rings. The van der Waals surface area contributed by atoms with Crippen LogP contribution < -0.4 is 15.4 Å². The van der Waals surface area contributed by atoms with Crippen LogP contribution in [0.4, 0.5) is 4.79 Å². The molecule has 1 saturated heterocycles. The van der Waals surface area contributed by atoms with Crippen molar-refractivity contribution >= 4 is 12.0 Å². The second-order valence-electron chi connectivity index (χ2n) is 8.07. The predicted octanol–water partition coefficient (Wildman–Crippen LogP) is 3.52. The highest BCUT2D eigenvalue weighted by Crippen LogP contribution is 2.30. The highest BCUT2D eigenvalue weighted by molar-refractivity contribution is 5.95. The molecule has 164 valence electrons. The molecule has 2 amide bonds. The standard InChI is InChI=1S/C23H33N3O4/c1-4-29-22(27)20-19(15-26-13-7-5-6-8-14-26)24-23(28)25-21(20)17-9-11-18(12-10-17)30-16(2)3/h9-12,16,21H,4-8,13-15H2,1-3H3,(H2,24,25,28)/t21-/m0/s1. The van der Waals surface area contributed by atoms with Crippen molar-refractivity contribution in [1.29, 1.82) is 0 Å². The molecule has 1 fully saturated rings. The number of esters is 1. The van der Waals surface area contributed by atoms with Crippen LogP contribution in [0.25, 0.3) is 0 Å². The van der Waals surface area contributed by atoms with Gasteiger partial charge in [-0.2, -0.15) is 0 Å². The predicted molar refractivity (Wildman–Crippen MR) is 115 cm³/mol. The summed E-state index contributed by atoms with van der Waals surface area (Å²) >= 11 is 0. The van der Waals surface area contributed by atoms with E-state index in [1.54, 1.807) is 6.92 Å². The molecule has 1 aromatic rings. The fraction of sp³-hybridized carbons (Fsp3) is 0.565. The lowest BCUT2D eigenvalue weighted by molar-refractivity contribution is -0.139. The maximum absolute atomic E-state index is 12.9. The molecule has 7 nitrogen and oxygen atoms in total. The number of carbonyl (C=O) groups excluding carboxylic acids is 2. The number of amides is 2. The van der Waals surface area contributed by atoms with Gasteiger partial charge in [-0.25, -0.2) is 9.59 Å². The average Bonchev–Trinajstić information content (AvgIpc) is 2.96. The Labute approximate surface area is 178 Å². The topological polar surface area (TPSA) is 79.9 Å². The Balaban J connectivity index is 1.92. The first kappa shape index (κ1) is 22.2. The lowest BCUT2D eigenvalue weighted by atomic mass is 9.95. The van der Waals surface area contributed by atoms with Crippen LogP contribution in [0.5, 0.6) is 5.75 Å². The van der Waals surface area contributed by atoms with Crippen molar-refractivity contribution in [2.75, 3.05) is 26.2 Å². The van der Waals surface area contributed by atoms with Crippen LogP contribution in [0.1, 0.15) is 58.1 Å². The molecule has 2 N–H and O–H groups in total. The van der Waals surface area contributed by atoms with E-state index in [-0.39, 0.29) is 18.7 Å². The van der Waals surface area contributed by atoms with Crippen molar-refractivity contribution in [3.05, 3.63) is 41.1 Å². The number of urea groups is 1. The van der Waals surface area contributed by atoms with Gasteiger partial charge in [-0.15, -0.1) is 0 Å². The van der Waals surface area contributed by atoms with E-state index in [2.05, 4.69) is 15.5 Å². The van der Waals surface area contributed by atoms with E-state index in [0.29, 0.717) is 17.8 Å². The SMILES string of the molecule is CCOC(=O)C1=C(CN2CCCCCC2)NC(=O)N[C@H]1c1ccc(OC(C)C)cc1. The van der Waals surface area contributed by atoms with Gasteiger partial charge < -0.3 is 20.1 Å². The summed E-state index contributed by atoms with van der Waals surface area (Å²) in [5.74, 6) is 0.350. The van der Waals surface area contributed by atoms with Crippen LogP contribution >= 0.6 is 0 Å². The normalized spacial score (nSPS) is 20.4. The minimum absolute atomic E-state index is 0.0737. The second-order valence-corrected chi connectivity index (χ2v) is 8.07. The minimum atomic E-state index is -0.562. The number of nitrogens with zero attached hydrogens (tertiary/aromatic N) is 1. The molecule has 0 aromatic heterocycles. The Morgan fingerprint density at radius 2 is 1.80 bits per heavy atom. The molecule has 1 aromatic carbocycles. The summed E-state index contributed by atoms with van der Waals surface area (Å²) < 4.78 is 11.1. The highest BCUT2D eigenvalue weighted by atomic mass is 16.5. The van der Waals surface area contributed by atoms with Crippen LogP contribution in [0.3, 0.4) is 0 Å². The van der Waals surface area contributed by atoms with Gasteiger partial charge in [0.25, 0.3) is 0 Å². The Kier molecular flexibility index (Phi) is 7.74. The lowest BCUT2D eigenvalue weighted by Gasteiger charge is -2.32. The molecule has 2 aliphatic heterocycles. The van der Waals surface area contributed by atoms with Gasteiger partial charge in [0.15, 0.2) is 0 Å². The lowest BCUT2D eigenvalue weighted by Crippen LogP contribution is -2.48. The molecule has 0 radical (unpaired) electrons. The third-order valence-electron chi connectivity index (χ3n) is 5.31. The van der Waals surface area contributed by atoms with Crippen LogP contribution in [0, 0.1) is 0 Å². The largest absolute Gasteiger partial charge is 0.491 e. The fourth-order valence-electron chi connectivity index (χ4n) is 3.97. The third kappa shape index (κ3) is 5.75. The number of ether oxygens (including phenoxy) is 2. The van der Waals surface area contributed by atoms with E-state index >= 15 is 0 Å². The summed E-state index contributed by atoms with van der Waals surface area (Å²) in [6.45, 7) is 8.47. The highest BCUT2D eigenvalue weighted by Gasteiger charge is 2.34. The van der Waals surface area contributed by atoms with Gasteiger partial charge >= 0.3 is 12.0 Å². The molecule has 0 spiro atoms. The molecule has 0 saturated carbocycles. The molecule has 0 bridgehead atoms. The van der Waals surface area contributed by atoms with Gasteiger partial charge in [-0.05, 0) is 64.4 Å². The molecule has 0 unspecified atom stereocenters. The molecule has 0 aliphatic carbocycles. The Bertz CT molecular complexity index is 765. The summed E-state index contributed by atoms with van der Waals surface area (Å²) in [6.07, 6.45) is 4.79. The summed E-state index contributed by atoms with van der Waals surface area (Å²) in [5, 5.41) is 5.77. The van der Waals surface area contributed by atoms with Crippen LogP contribution in [-0.4, -0.2) is 49.2 Å². The monoisotopic (exact) mass is 415 g/mol. The van der Waals surface area contributed by atoms with Crippen LogP contribution in [-0.2, 0) is 9.53 Å². The number of benzene rings is 1. The minimum Gasteiger partial charge on any atom is -0.491 e. The van der Waals surface area contributed by atoms with Gasteiger partial charge in [0.2, 0.25) is 0 Å². The van der Waals surface area contributed by atoms with Crippen LogP contribution in [0.2, 0.25) is 0 Å². The van der Waals surface area contributed by atoms with Gasteiger partial charge in [0, 0.05) is 12.2 Å². The van der Waals surface area contributed by atoms with E-state index in [9.17, 15) is 9.59 Å². The first-order valence-electron chi connectivity index (χ1n) is 10.9. The van der Waals surface area contributed by atoms with Crippen molar-refractivity contribution in [3.8, 4) is 5.75 Å². The smallest absolute Gasteiger partial charge is 0.338 e. The first-order valence-corrected chi connectivity index (χ1v) is 10.9. The van der Waals surface area contributed by atoms with E-state index in [1.807, 2.05) is 38.1 Å². The van der Waals surface area contributed by atoms with Crippen molar-refractivity contribution in [3.63, 3.8) is 0 Å². The molecule has 30 heavy (non-hydrogen) atoms. The Morgan fingerprint density at radius 3 is 2.40 bits per heavy atom. The van der Waals surface area contributed by atoms with Crippen molar-refractivity contribution < 1.29 is 19.1 Å². The van der Waals surface area contributed by atoms with Gasteiger partial charge in [0.1, 0.15) is 5.75 Å². The van der Waals surface area contributed by atoms with Crippen LogP contribution in [0.15, 0.2) is 35.5 Å².